The maximum Gasteiger partial charge on any atom is 0.303 e. The Hall–Kier alpha value is -1.91. The minimum absolute atomic E-state index is 0.0782. The maximum atomic E-state index is 10.6. The molecule has 5 nitrogen and oxygen atoms in total. The van der Waals surface area contributed by atoms with Crippen LogP contribution >= 0.6 is 0 Å². The molecule has 0 saturated carbocycles. The van der Waals surface area contributed by atoms with Gasteiger partial charge in [0.15, 0.2) is 0 Å². The minimum atomic E-state index is -0.813. The van der Waals surface area contributed by atoms with E-state index < -0.39 is 10.9 Å². The van der Waals surface area contributed by atoms with Gasteiger partial charge in [0.05, 0.1) is 4.92 Å². The van der Waals surface area contributed by atoms with Crippen LogP contribution in [0.1, 0.15) is 17.5 Å². The van der Waals surface area contributed by atoms with Gasteiger partial charge in [-0.3, -0.25) is 14.9 Å². The number of non-ortho nitro benzene ring substituents is 1. The smallest absolute Gasteiger partial charge is 0.303 e. The van der Waals surface area contributed by atoms with Crippen LogP contribution in [-0.2, 0) is 17.6 Å². The van der Waals surface area contributed by atoms with Gasteiger partial charge in [-0.15, -0.1) is 0 Å². The second kappa shape index (κ2) is 3.92. The first-order chi connectivity index (χ1) is 7.56. The Kier molecular flexibility index (Phi) is 2.60. The van der Waals surface area contributed by atoms with Gasteiger partial charge in [0.25, 0.3) is 5.69 Å². The van der Waals surface area contributed by atoms with E-state index in [1.54, 1.807) is 12.1 Å². The highest BCUT2D eigenvalue weighted by Gasteiger charge is 2.25. The number of hydrogen-bond acceptors (Lipinski definition) is 3. The second-order valence-corrected chi connectivity index (χ2v) is 4.08. The second-order valence-electron chi connectivity index (χ2n) is 4.08. The van der Waals surface area contributed by atoms with Crippen LogP contribution in [0.15, 0.2) is 18.2 Å². The van der Waals surface area contributed by atoms with Crippen LogP contribution < -0.4 is 0 Å². The molecule has 1 aliphatic carbocycles. The van der Waals surface area contributed by atoms with Gasteiger partial charge in [-0.05, 0) is 29.9 Å². The summed E-state index contributed by atoms with van der Waals surface area (Å²) in [5.74, 6) is -0.734. The van der Waals surface area contributed by atoms with E-state index >= 15 is 0 Å². The van der Waals surface area contributed by atoms with Crippen LogP contribution in [-0.4, -0.2) is 16.0 Å². The third-order valence-corrected chi connectivity index (χ3v) is 2.88. The first-order valence-electron chi connectivity index (χ1n) is 5.04. The number of hydrogen-bond donors (Lipinski definition) is 1. The molecule has 0 aromatic heterocycles. The van der Waals surface area contributed by atoms with Gasteiger partial charge >= 0.3 is 5.97 Å². The fraction of sp³-hybridized carbons (Fsp3) is 0.364. The highest BCUT2D eigenvalue weighted by atomic mass is 16.6. The molecule has 0 radical (unpaired) electrons. The summed E-state index contributed by atoms with van der Waals surface area (Å²) in [7, 11) is 0. The van der Waals surface area contributed by atoms with Gasteiger partial charge in [0.1, 0.15) is 0 Å². The van der Waals surface area contributed by atoms with Gasteiger partial charge in [-0.2, -0.15) is 0 Å². The number of carboxylic acids is 1. The molecule has 0 fully saturated rings. The number of carboxylic acid groups (broad SMARTS) is 1. The third kappa shape index (κ3) is 2.03. The van der Waals surface area contributed by atoms with E-state index in [1.165, 1.54) is 6.07 Å². The Morgan fingerprint density at radius 3 is 2.75 bits per heavy atom. The summed E-state index contributed by atoms with van der Waals surface area (Å²) in [4.78, 5) is 20.7. The molecular formula is C11H11NO4. The topological polar surface area (TPSA) is 80.4 Å². The summed E-state index contributed by atoms with van der Waals surface area (Å²) in [6.07, 6.45) is 1.46. The van der Waals surface area contributed by atoms with Gasteiger partial charge in [-0.1, -0.05) is 6.07 Å². The van der Waals surface area contributed by atoms with E-state index in [1.807, 2.05) is 0 Å². The van der Waals surface area contributed by atoms with Crippen LogP contribution in [0.4, 0.5) is 5.69 Å². The van der Waals surface area contributed by atoms with E-state index in [0.717, 1.165) is 11.1 Å². The van der Waals surface area contributed by atoms with Crippen molar-refractivity contribution < 1.29 is 14.8 Å². The molecule has 1 unspecified atom stereocenters. The van der Waals surface area contributed by atoms with E-state index in [-0.39, 0.29) is 18.0 Å². The number of carbonyl (C=O) groups is 1. The van der Waals surface area contributed by atoms with E-state index in [2.05, 4.69) is 0 Å². The molecular weight excluding hydrogens is 210 g/mol. The molecule has 16 heavy (non-hydrogen) atoms. The van der Waals surface area contributed by atoms with Crippen LogP contribution in [0.5, 0.6) is 0 Å². The lowest BCUT2D eigenvalue weighted by Gasteiger charge is -2.02. The summed E-state index contributed by atoms with van der Waals surface area (Å²) in [5, 5.41) is 19.3. The monoisotopic (exact) mass is 221 g/mol. The van der Waals surface area contributed by atoms with Crippen LogP contribution in [0.3, 0.4) is 0 Å². The zero-order valence-electron chi connectivity index (χ0n) is 8.55. The Balaban J connectivity index is 2.18. The number of nitro groups is 1. The Labute approximate surface area is 91.9 Å². The molecule has 2 rings (SSSR count). The molecule has 0 spiro atoms. The summed E-state index contributed by atoms with van der Waals surface area (Å²) in [6.45, 7) is 0. The molecule has 1 atom stereocenters. The van der Waals surface area contributed by atoms with Crippen LogP contribution in [0, 0.1) is 16.0 Å². The SMILES string of the molecule is O=C(O)CC1Cc2ccc([N+](=O)[O-])cc2C1. The summed E-state index contributed by atoms with van der Waals surface area (Å²) >= 11 is 0. The van der Waals surface area contributed by atoms with Gasteiger partial charge in [0.2, 0.25) is 0 Å². The maximum absolute atomic E-state index is 10.6. The highest BCUT2D eigenvalue weighted by Crippen LogP contribution is 2.31. The molecule has 0 amide bonds. The fourth-order valence-electron chi connectivity index (χ4n) is 2.20. The first kappa shape index (κ1) is 10.6. The average molecular weight is 221 g/mol. The largest absolute Gasteiger partial charge is 0.481 e. The van der Waals surface area contributed by atoms with E-state index in [9.17, 15) is 14.9 Å². The van der Waals surface area contributed by atoms with Crippen molar-refractivity contribution in [3.05, 3.63) is 39.4 Å². The van der Waals surface area contributed by atoms with Crippen LogP contribution in [0.2, 0.25) is 0 Å². The number of benzene rings is 1. The normalized spacial score (nSPS) is 18.1. The molecule has 0 saturated heterocycles. The molecule has 84 valence electrons. The number of rotatable bonds is 3. The summed E-state index contributed by atoms with van der Waals surface area (Å²) in [5.41, 5.74) is 2.03. The lowest BCUT2D eigenvalue weighted by atomic mass is 10.0. The van der Waals surface area contributed by atoms with Gasteiger partial charge in [-0.25, -0.2) is 0 Å². The third-order valence-electron chi connectivity index (χ3n) is 2.88. The van der Waals surface area contributed by atoms with Gasteiger partial charge in [0, 0.05) is 18.6 Å². The predicted octanol–water partition coefficient (Wildman–Crippen LogP) is 1.78. The summed E-state index contributed by atoms with van der Waals surface area (Å²) in [6, 6.07) is 4.76. The van der Waals surface area contributed by atoms with Crippen molar-refractivity contribution in [1.29, 1.82) is 0 Å². The molecule has 1 aromatic carbocycles. The Bertz CT molecular complexity index is 455. The molecule has 0 aliphatic heterocycles. The highest BCUT2D eigenvalue weighted by molar-refractivity contribution is 5.67. The Morgan fingerprint density at radius 2 is 2.12 bits per heavy atom. The molecule has 0 bridgehead atoms. The van der Waals surface area contributed by atoms with E-state index in [4.69, 9.17) is 5.11 Å². The van der Waals surface area contributed by atoms with Crippen molar-refractivity contribution in [2.75, 3.05) is 0 Å². The van der Waals surface area contributed by atoms with Crippen molar-refractivity contribution in [2.24, 2.45) is 5.92 Å². The lowest BCUT2D eigenvalue weighted by molar-refractivity contribution is -0.384. The quantitative estimate of drug-likeness (QED) is 0.623. The van der Waals surface area contributed by atoms with E-state index in [0.29, 0.717) is 12.8 Å². The first-order valence-corrected chi connectivity index (χ1v) is 5.04. The van der Waals surface area contributed by atoms with Crippen molar-refractivity contribution in [1.82, 2.24) is 0 Å². The lowest BCUT2D eigenvalue weighted by Crippen LogP contribution is -2.07. The van der Waals surface area contributed by atoms with Crippen molar-refractivity contribution in [2.45, 2.75) is 19.3 Å². The minimum Gasteiger partial charge on any atom is -0.481 e. The number of fused-ring (bicyclic) bond motifs is 1. The number of nitro benzene ring substituents is 1. The molecule has 1 N–H and O–H groups in total. The standard InChI is InChI=1S/C11H11NO4/c13-11(14)5-7-3-8-1-2-10(12(15)16)6-9(8)4-7/h1-2,6-7H,3-5H2,(H,13,14). The number of nitrogens with zero attached hydrogens (tertiary/aromatic N) is 1. The molecule has 0 heterocycles. The average Bonchev–Trinajstić information content (AvgIpc) is 2.56. The van der Waals surface area contributed by atoms with Crippen molar-refractivity contribution in [3.8, 4) is 0 Å². The zero-order chi connectivity index (χ0) is 11.7. The number of aliphatic carboxylic acids is 1. The van der Waals surface area contributed by atoms with Gasteiger partial charge < -0.3 is 5.11 Å². The fourth-order valence-corrected chi connectivity index (χ4v) is 2.20. The molecule has 1 aliphatic rings. The molecule has 5 heteroatoms. The van der Waals surface area contributed by atoms with Crippen molar-refractivity contribution in [3.63, 3.8) is 0 Å². The Morgan fingerprint density at radius 1 is 1.44 bits per heavy atom. The van der Waals surface area contributed by atoms with Crippen LogP contribution in [0.25, 0.3) is 0 Å². The predicted molar refractivity (Wildman–Crippen MR) is 56.2 cm³/mol. The molecule has 1 aromatic rings. The van der Waals surface area contributed by atoms with Crippen molar-refractivity contribution >= 4 is 11.7 Å². The zero-order valence-corrected chi connectivity index (χ0v) is 8.55. The summed E-state index contributed by atoms with van der Waals surface area (Å²) < 4.78 is 0.